The maximum absolute atomic E-state index is 12.6. The fourth-order valence-electron chi connectivity index (χ4n) is 3.40. The second-order valence-corrected chi connectivity index (χ2v) is 6.86. The van der Waals surface area contributed by atoms with Gasteiger partial charge in [0.1, 0.15) is 5.76 Å². The molecule has 1 aromatic rings. The molecule has 0 spiro atoms. The van der Waals surface area contributed by atoms with Crippen molar-refractivity contribution in [3.63, 3.8) is 0 Å². The molecule has 116 valence electrons. The zero-order chi connectivity index (χ0) is 15.2. The monoisotopic (exact) mass is 293 g/mol. The van der Waals surface area contributed by atoms with Crippen LogP contribution >= 0.6 is 0 Å². The summed E-state index contributed by atoms with van der Waals surface area (Å²) in [5.74, 6) is 1.07. The minimum atomic E-state index is -0.543. The van der Waals surface area contributed by atoms with Crippen molar-refractivity contribution in [2.24, 2.45) is 5.41 Å². The number of amides is 1. The highest BCUT2D eigenvalue weighted by Crippen LogP contribution is 2.44. The maximum atomic E-state index is 12.6. The minimum absolute atomic E-state index is 0.00398. The summed E-state index contributed by atoms with van der Waals surface area (Å²) in [6, 6.07) is 0. The van der Waals surface area contributed by atoms with E-state index in [4.69, 9.17) is 9.15 Å². The molecule has 1 fully saturated rings. The molecule has 1 amide bonds. The van der Waals surface area contributed by atoms with Crippen LogP contribution in [0.25, 0.3) is 0 Å². The minimum Gasteiger partial charge on any atom is -0.455 e. The van der Waals surface area contributed by atoms with Gasteiger partial charge in [0.25, 0.3) is 5.91 Å². The van der Waals surface area contributed by atoms with Crippen LogP contribution in [-0.2, 0) is 11.2 Å². The normalized spacial score (nSPS) is 24.8. The zero-order valence-corrected chi connectivity index (χ0v) is 12.9. The first-order valence-corrected chi connectivity index (χ1v) is 7.56. The van der Waals surface area contributed by atoms with Gasteiger partial charge in [-0.25, -0.2) is 0 Å². The van der Waals surface area contributed by atoms with Gasteiger partial charge in [0.05, 0.1) is 19.3 Å². The molecule has 1 aliphatic carbocycles. The quantitative estimate of drug-likeness (QED) is 0.861. The van der Waals surface area contributed by atoms with E-state index in [2.05, 4.69) is 13.8 Å². The van der Waals surface area contributed by atoms with Gasteiger partial charge >= 0.3 is 0 Å². The number of aliphatic hydroxyl groups is 1. The molecule has 1 atom stereocenters. The third-order valence-corrected chi connectivity index (χ3v) is 4.48. The van der Waals surface area contributed by atoms with Crippen molar-refractivity contribution in [2.75, 3.05) is 26.3 Å². The molecule has 0 aromatic carbocycles. The number of hydrogen-bond acceptors (Lipinski definition) is 4. The van der Waals surface area contributed by atoms with Crippen LogP contribution in [0, 0.1) is 12.3 Å². The first kappa shape index (κ1) is 14.6. The number of morpholine rings is 1. The number of rotatable bonds is 1. The summed E-state index contributed by atoms with van der Waals surface area (Å²) in [6.45, 7) is 8.43. The van der Waals surface area contributed by atoms with Crippen molar-refractivity contribution in [1.29, 1.82) is 0 Å². The van der Waals surface area contributed by atoms with Crippen LogP contribution in [-0.4, -0.2) is 42.2 Å². The van der Waals surface area contributed by atoms with E-state index >= 15 is 0 Å². The topological polar surface area (TPSA) is 62.9 Å². The molecule has 1 aromatic heterocycles. The summed E-state index contributed by atoms with van der Waals surface area (Å²) < 4.78 is 11.1. The number of carbonyl (C=O) groups is 1. The lowest BCUT2D eigenvalue weighted by molar-refractivity contribution is 0.0280. The lowest BCUT2D eigenvalue weighted by Crippen LogP contribution is -2.40. The van der Waals surface area contributed by atoms with Crippen LogP contribution in [0.15, 0.2) is 4.42 Å². The molecule has 3 rings (SSSR count). The standard InChI is InChI=1S/C16H23NO4/c1-10-13-11(18)8-16(2,3)9-12(13)21-14(10)15(19)17-4-6-20-7-5-17/h11,18H,4-9H2,1-3H3. The van der Waals surface area contributed by atoms with E-state index in [0.29, 0.717) is 38.5 Å². The van der Waals surface area contributed by atoms with Crippen LogP contribution in [0.2, 0.25) is 0 Å². The number of ether oxygens (including phenoxy) is 1. The van der Waals surface area contributed by atoms with Crippen LogP contribution in [0.4, 0.5) is 0 Å². The molecule has 0 radical (unpaired) electrons. The summed E-state index contributed by atoms with van der Waals surface area (Å²) in [7, 11) is 0. The Kier molecular flexibility index (Phi) is 3.58. The number of nitrogens with zero attached hydrogens (tertiary/aromatic N) is 1. The van der Waals surface area contributed by atoms with Gasteiger partial charge in [0.15, 0.2) is 5.76 Å². The lowest BCUT2D eigenvalue weighted by atomic mass is 9.75. The largest absolute Gasteiger partial charge is 0.455 e. The Bertz CT molecular complexity index is 555. The SMILES string of the molecule is Cc1c(C(=O)N2CCOCC2)oc2c1C(O)CC(C)(C)C2. The molecule has 1 saturated heterocycles. The van der Waals surface area contributed by atoms with Gasteiger partial charge in [-0.1, -0.05) is 13.8 Å². The summed E-state index contributed by atoms with van der Waals surface area (Å²) >= 11 is 0. The second kappa shape index (κ2) is 5.14. The molecule has 1 unspecified atom stereocenters. The lowest BCUT2D eigenvalue weighted by Gasteiger charge is -2.31. The van der Waals surface area contributed by atoms with E-state index in [-0.39, 0.29) is 11.3 Å². The molecule has 5 heteroatoms. The third kappa shape index (κ3) is 2.60. The van der Waals surface area contributed by atoms with Crippen molar-refractivity contribution in [1.82, 2.24) is 4.90 Å². The van der Waals surface area contributed by atoms with Gasteiger partial charge < -0.3 is 19.2 Å². The predicted molar refractivity (Wildman–Crippen MR) is 77.2 cm³/mol. The Hall–Kier alpha value is -1.33. The average Bonchev–Trinajstić information content (AvgIpc) is 2.74. The molecule has 2 aliphatic rings. The van der Waals surface area contributed by atoms with E-state index in [0.717, 1.165) is 23.3 Å². The van der Waals surface area contributed by atoms with Gasteiger partial charge in [-0.15, -0.1) is 0 Å². The van der Waals surface area contributed by atoms with E-state index in [1.54, 1.807) is 4.90 Å². The van der Waals surface area contributed by atoms with Gasteiger partial charge in [0.2, 0.25) is 0 Å². The number of hydrogen-bond donors (Lipinski definition) is 1. The number of fused-ring (bicyclic) bond motifs is 1. The van der Waals surface area contributed by atoms with Crippen molar-refractivity contribution in [2.45, 2.75) is 39.7 Å². The highest BCUT2D eigenvalue weighted by molar-refractivity contribution is 5.93. The molecule has 5 nitrogen and oxygen atoms in total. The molecule has 2 heterocycles. The van der Waals surface area contributed by atoms with E-state index < -0.39 is 6.10 Å². The summed E-state index contributed by atoms with van der Waals surface area (Å²) in [5, 5.41) is 10.4. The van der Waals surface area contributed by atoms with Crippen molar-refractivity contribution >= 4 is 5.91 Å². The van der Waals surface area contributed by atoms with Crippen molar-refractivity contribution in [3.8, 4) is 0 Å². The predicted octanol–water partition coefficient (Wildman–Crippen LogP) is 2.07. The first-order valence-electron chi connectivity index (χ1n) is 7.56. The Morgan fingerprint density at radius 3 is 2.67 bits per heavy atom. The van der Waals surface area contributed by atoms with Crippen molar-refractivity contribution in [3.05, 3.63) is 22.6 Å². The van der Waals surface area contributed by atoms with Crippen LogP contribution in [0.3, 0.4) is 0 Å². The fraction of sp³-hybridized carbons (Fsp3) is 0.688. The van der Waals surface area contributed by atoms with Crippen LogP contribution in [0.5, 0.6) is 0 Å². The Balaban J connectivity index is 1.93. The second-order valence-electron chi connectivity index (χ2n) is 6.86. The first-order chi connectivity index (χ1) is 9.89. The average molecular weight is 293 g/mol. The van der Waals surface area contributed by atoms with Crippen LogP contribution in [0.1, 0.15) is 53.8 Å². The Labute approximate surface area is 124 Å². The van der Waals surface area contributed by atoms with E-state index in [1.165, 1.54) is 0 Å². The van der Waals surface area contributed by atoms with Gasteiger partial charge in [-0.05, 0) is 18.8 Å². The fourth-order valence-corrected chi connectivity index (χ4v) is 3.40. The Morgan fingerprint density at radius 1 is 1.33 bits per heavy atom. The highest BCUT2D eigenvalue weighted by atomic mass is 16.5. The van der Waals surface area contributed by atoms with Crippen molar-refractivity contribution < 1.29 is 19.1 Å². The Morgan fingerprint density at radius 2 is 2.00 bits per heavy atom. The smallest absolute Gasteiger partial charge is 0.290 e. The highest BCUT2D eigenvalue weighted by Gasteiger charge is 2.37. The van der Waals surface area contributed by atoms with Crippen LogP contribution < -0.4 is 0 Å². The molecule has 1 N–H and O–H groups in total. The molecule has 0 saturated carbocycles. The van der Waals surface area contributed by atoms with Gasteiger partial charge in [-0.3, -0.25) is 4.79 Å². The van der Waals surface area contributed by atoms with E-state index in [9.17, 15) is 9.90 Å². The molecular weight excluding hydrogens is 270 g/mol. The summed E-state index contributed by atoms with van der Waals surface area (Å²) in [5.41, 5.74) is 1.62. The maximum Gasteiger partial charge on any atom is 0.290 e. The van der Waals surface area contributed by atoms with Gasteiger partial charge in [0, 0.05) is 30.6 Å². The van der Waals surface area contributed by atoms with E-state index in [1.807, 2.05) is 6.92 Å². The molecule has 1 aliphatic heterocycles. The molecular formula is C16H23NO4. The van der Waals surface area contributed by atoms with Gasteiger partial charge in [-0.2, -0.15) is 0 Å². The summed E-state index contributed by atoms with van der Waals surface area (Å²) in [4.78, 5) is 14.4. The number of carbonyl (C=O) groups excluding carboxylic acids is 1. The molecule has 21 heavy (non-hydrogen) atoms. The zero-order valence-electron chi connectivity index (χ0n) is 12.9. The number of aliphatic hydroxyl groups excluding tert-OH is 1. The third-order valence-electron chi connectivity index (χ3n) is 4.48. The molecule has 0 bridgehead atoms. The number of furan rings is 1. The summed E-state index contributed by atoms with van der Waals surface area (Å²) in [6.07, 6.45) is 0.918.